The molecule has 1 aromatic carbocycles. The molecule has 3 N–H and O–H groups in total. The van der Waals surface area contributed by atoms with Crippen molar-refractivity contribution < 1.29 is 4.39 Å². The Labute approximate surface area is 87.7 Å². The second-order valence-corrected chi connectivity index (χ2v) is 3.05. The molecule has 2 rings (SSSR count). The molecule has 0 fully saturated rings. The SMILES string of the molecule is Cl.N[C@@H](CF)c1cccc2[nH]ccc12. The van der Waals surface area contributed by atoms with Crippen molar-refractivity contribution in [1.29, 1.82) is 0 Å². The van der Waals surface area contributed by atoms with Gasteiger partial charge in [-0.1, -0.05) is 12.1 Å². The Morgan fingerprint density at radius 1 is 1.36 bits per heavy atom. The number of aromatic amines is 1. The Hall–Kier alpha value is -1.06. The minimum Gasteiger partial charge on any atom is -0.361 e. The molecule has 0 aliphatic heterocycles. The molecule has 0 aliphatic carbocycles. The predicted molar refractivity (Wildman–Crippen MR) is 58.5 cm³/mol. The Balaban J connectivity index is 0.000000980. The van der Waals surface area contributed by atoms with E-state index in [1.165, 1.54) is 0 Å². The van der Waals surface area contributed by atoms with E-state index >= 15 is 0 Å². The lowest BCUT2D eigenvalue weighted by Crippen LogP contribution is -2.12. The van der Waals surface area contributed by atoms with E-state index in [2.05, 4.69) is 4.98 Å². The molecule has 76 valence electrons. The zero-order valence-corrected chi connectivity index (χ0v) is 8.35. The van der Waals surface area contributed by atoms with Crippen LogP contribution in [0.1, 0.15) is 11.6 Å². The van der Waals surface area contributed by atoms with E-state index in [9.17, 15) is 4.39 Å². The van der Waals surface area contributed by atoms with Crippen LogP contribution in [0.2, 0.25) is 0 Å². The van der Waals surface area contributed by atoms with Crippen molar-refractivity contribution in [2.75, 3.05) is 6.67 Å². The van der Waals surface area contributed by atoms with E-state index in [-0.39, 0.29) is 12.4 Å². The van der Waals surface area contributed by atoms with Crippen LogP contribution in [-0.2, 0) is 0 Å². The molecule has 0 saturated carbocycles. The molecule has 4 heteroatoms. The molecule has 2 nitrogen and oxygen atoms in total. The molecule has 14 heavy (non-hydrogen) atoms. The Morgan fingerprint density at radius 3 is 2.86 bits per heavy atom. The molecule has 2 aromatic rings. The van der Waals surface area contributed by atoms with Gasteiger partial charge in [0.2, 0.25) is 0 Å². The highest BCUT2D eigenvalue weighted by Crippen LogP contribution is 2.22. The van der Waals surface area contributed by atoms with Gasteiger partial charge in [0, 0.05) is 17.1 Å². The molecule has 1 atom stereocenters. The zero-order valence-electron chi connectivity index (χ0n) is 7.53. The number of alkyl halides is 1. The predicted octanol–water partition coefficient (Wildman–Crippen LogP) is 2.56. The van der Waals surface area contributed by atoms with Gasteiger partial charge in [0.1, 0.15) is 6.67 Å². The number of nitrogens with two attached hydrogens (primary N) is 1. The van der Waals surface area contributed by atoms with Crippen molar-refractivity contribution in [1.82, 2.24) is 4.98 Å². The second-order valence-electron chi connectivity index (χ2n) is 3.05. The van der Waals surface area contributed by atoms with Crippen LogP contribution < -0.4 is 5.73 Å². The number of rotatable bonds is 2. The number of fused-ring (bicyclic) bond motifs is 1. The first-order valence-electron chi connectivity index (χ1n) is 4.20. The molecule has 1 heterocycles. The summed E-state index contributed by atoms with van der Waals surface area (Å²) in [7, 11) is 0. The summed E-state index contributed by atoms with van der Waals surface area (Å²) in [6.07, 6.45) is 1.83. The standard InChI is InChI=1S/C10H11FN2.ClH/c11-6-9(12)7-2-1-3-10-8(7)4-5-13-10;/h1-5,9,13H,6,12H2;1H/t9-;/m0./s1. The van der Waals surface area contributed by atoms with Gasteiger partial charge >= 0.3 is 0 Å². The van der Waals surface area contributed by atoms with Crippen LogP contribution in [-0.4, -0.2) is 11.7 Å². The fourth-order valence-electron chi connectivity index (χ4n) is 1.52. The maximum Gasteiger partial charge on any atom is 0.109 e. The highest BCUT2D eigenvalue weighted by molar-refractivity contribution is 5.85. The van der Waals surface area contributed by atoms with Crippen LogP contribution >= 0.6 is 12.4 Å². The average molecular weight is 215 g/mol. The fraction of sp³-hybridized carbons (Fsp3) is 0.200. The minimum absolute atomic E-state index is 0. The van der Waals surface area contributed by atoms with Gasteiger partial charge in [0.15, 0.2) is 0 Å². The van der Waals surface area contributed by atoms with Crippen molar-refractivity contribution in [3.63, 3.8) is 0 Å². The summed E-state index contributed by atoms with van der Waals surface area (Å²) in [4.78, 5) is 3.06. The summed E-state index contributed by atoms with van der Waals surface area (Å²) >= 11 is 0. The van der Waals surface area contributed by atoms with Crippen LogP contribution in [0, 0.1) is 0 Å². The van der Waals surface area contributed by atoms with Crippen molar-refractivity contribution in [3.05, 3.63) is 36.0 Å². The third-order valence-corrected chi connectivity index (χ3v) is 2.19. The highest BCUT2D eigenvalue weighted by atomic mass is 35.5. The van der Waals surface area contributed by atoms with Crippen molar-refractivity contribution in [2.45, 2.75) is 6.04 Å². The number of benzene rings is 1. The zero-order chi connectivity index (χ0) is 9.26. The molecule has 0 amide bonds. The number of H-pyrrole nitrogens is 1. The Bertz CT molecular complexity index is 413. The third-order valence-electron chi connectivity index (χ3n) is 2.19. The summed E-state index contributed by atoms with van der Waals surface area (Å²) in [5.74, 6) is 0. The monoisotopic (exact) mass is 214 g/mol. The lowest BCUT2D eigenvalue weighted by atomic mass is 10.0. The lowest BCUT2D eigenvalue weighted by Gasteiger charge is -2.08. The van der Waals surface area contributed by atoms with E-state index < -0.39 is 12.7 Å². The molecular weight excluding hydrogens is 203 g/mol. The van der Waals surface area contributed by atoms with Gasteiger partial charge in [0.25, 0.3) is 0 Å². The molecular formula is C10H12ClFN2. The summed E-state index contributed by atoms with van der Waals surface area (Å²) in [5.41, 5.74) is 7.49. The van der Waals surface area contributed by atoms with Crippen LogP contribution in [0.5, 0.6) is 0 Å². The molecule has 1 aromatic heterocycles. The number of aromatic nitrogens is 1. The van der Waals surface area contributed by atoms with E-state index in [0.29, 0.717) is 0 Å². The summed E-state index contributed by atoms with van der Waals surface area (Å²) < 4.78 is 12.4. The van der Waals surface area contributed by atoms with Crippen LogP contribution in [0.4, 0.5) is 4.39 Å². The van der Waals surface area contributed by atoms with E-state index in [4.69, 9.17) is 5.73 Å². The van der Waals surface area contributed by atoms with E-state index in [0.717, 1.165) is 16.5 Å². The van der Waals surface area contributed by atoms with Gasteiger partial charge in [-0.15, -0.1) is 12.4 Å². The van der Waals surface area contributed by atoms with Crippen molar-refractivity contribution in [3.8, 4) is 0 Å². The van der Waals surface area contributed by atoms with Crippen molar-refractivity contribution in [2.24, 2.45) is 5.73 Å². The Morgan fingerprint density at radius 2 is 2.14 bits per heavy atom. The molecule has 0 spiro atoms. The number of nitrogens with one attached hydrogen (secondary N) is 1. The summed E-state index contributed by atoms with van der Waals surface area (Å²) in [5, 5.41) is 1.01. The first-order valence-corrected chi connectivity index (χ1v) is 4.20. The number of hydrogen-bond acceptors (Lipinski definition) is 1. The number of hydrogen-bond donors (Lipinski definition) is 2. The largest absolute Gasteiger partial charge is 0.361 e. The van der Waals surface area contributed by atoms with Gasteiger partial charge in [-0.3, -0.25) is 0 Å². The van der Waals surface area contributed by atoms with Crippen LogP contribution in [0.25, 0.3) is 10.9 Å². The topological polar surface area (TPSA) is 41.8 Å². The lowest BCUT2D eigenvalue weighted by molar-refractivity contribution is 0.438. The van der Waals surface area contributed by atoms with E-state index in [1.807, 2.05) is 30.5 Å². The highest BCUT2D eigenvalue weighted by Gasteiger charge is 2.08. The van der Waals surface area contributed by atoms with Gasteiger partial charge in [-0.05, 0) is 17.7 Å². The maximum absolute atomic E-state index is 12.4. The first kappa shape index (κ1) is 11.0. The molecule has 0 unspecified atom stereocenters. The fourth-order valence-corrected chi connectivity index (χ4v) is 1.52. The maximum atomic E-state index is 12.4. The quantitative estimate of drug-likeness (QED) is 0.793. The van der Waals surface area contributed by atoms with E-state index in [1.54, 1.807) is 0 Å². The second kappa shape index (κ2) is 4.44. The molecule has 0 aliphatic rings. The normalized spacial score (nSPS) is 12.4. The smallest absolute Gasteiger partial charge is 0.109 e. The van der Waals surface area contributed by atoms with Gasteiger partial charge in [-0.25, -0.2) is 4.39 Å². The van der Waals surface area contributed by atoms with Gasteiger partial charge < -0.3 is 10.7 Å². The summed E-state index contributed by atoms with van der Waals surface area (Å²) in [6, 6.07) is 7.09. The van der Waals surface area contributed by atoms with Crippen molar-refractivity contribution >= 4 is 23.3 Å². The molecule has 0 bridgehead atoms. The third kappa shape index (κ3) is 1.74. The van der Waals surface area contributed by atoms with Crippen LogP contribution in [0.3, 0.4) is 0 Å². The summed E-state index contributed by atoms with van der Waals surface area (Å²) in [6.45, 7) is -0.524. The minimum atomic E-state index is -0.524. The average Bonchev–Trinajstić information content (AvgIpc) is 2.63. The first-order chi connectivity index (χ1) is 6.33. The molecule has 0 saturated heterocycles. The molecule has 0 radical (unpaired) electrons. The van der Waals surface area contributed by atoms with Gasteiger partial charge in [0.05, 0.1) is 6.04 Å². The Kier molecular flexibility index (Phi) is 3.49. The number of halogens is 2. The van der Waals surface area contributed by atoms with Crippen LogP contribution in [0.15, 0.2) is 30.5 Å². The van der Waals surface area contributed by atoms with Gasteiger partial charge in [-0.2, -0.15) is 0 Å².